The van der Waals surface area contributed by atoms with Crippen LogP contribution in [0.15, 0.2) is 12.3 Å². The van der Waals surface area contributed by atoms with Gasteiger partial charge in [0.25, 0.3) is 0 Å². The molecule has 0 radical (unpaired) electrons. The Hall–Kier alpha value is -0.873. The van der Waals surface area contributed by atoms with Gasteiger partial charge in [-0.25, -0.2) is 4.98 Å². The van der Waals surface area contributed by atoms with Gasteiger partial charge in [-0.05, 0) is 32.0 Å². The summed E-state index contributed by atoms with van der Waals surface area (Å²) in [4.78, 5) is 6.96. The highest BCUT2D eigenvalue weighted by molar-refractivity contribution is 6.89. The van der Waals surface area contributed by atoms with Crippen LogP contribution in [-0.4, -0.2) is 38.7 Å². The Kier molecular flexibility index (Phi) is 3.78. The second-order valence-electron chi connectivity index (χ2n) is 6.21. The van der Waals surface area contributed by atoms with Crippen molar-refractivity contribution in [3.05, 3.63) is 17.8 Å². The van der Waals surface area contributed by atoms with Crippen molar-refractivity contribution < 1.29 is 4.74 Å². The lowest BCUT2D eigenvalue weighted by atomic mass is 10.1. The molecule has 2 rings (SSSR count). The Morgan fingerprint density at radius 2 is 2.11 bits per heavy atom. The molecule has 1 fully saturated rings. The van der Waals surface area contributed by atoms with Gasteiger partial charge in [-0.15, -0.1) is 0 Å². The van der Waals surface area contributed by atoms with E-state index < -0.39 is 8.07 Å². The van der Waals surface area contributed by atoms with Crippen molar-refractivity contribution in [3.8, 4) is 5.88 Å². The first kappa shape index (κ1) is 13.6. The van der Waals surface area contributed by atoms with Crippen LogP contribution in [-0.2, 0) is 0 Å². The minimum atomic E-state index is -1.41. The molecular formula is C14H24N2OSi. The summed E-state index contributed by atoms with van der Waals surface area (Å²) >= 11 is 0. The minimum absolute atomic E-state index is 0.540. The maximum atomic E-state index is 5.43. The molecule has 1 aliphatic rings. The predicted molar refractivity (Wildman–Crippen MR) is 78.4 cm³/mol. The first-order valence-electron chi connectivity index (χ1n) is 6.68. The van der Waals surface area contributed by atoms with Crippen molar-refractivity contribution in [1.29, 1.82) is 0 Å². The molecule has 0 aromatic carbocycles. The fourth-order valence-corrected chi connectivity index (χ4v) is 4.09. The van der Waals surface area contributed by atoms with Crippen LogP contribution in [0.4, 0.5) is 0 Å². The molecule has 2 heterocycles. The number of pyridine rings is 1. The van der Waals surface area contributed by atoms with Gasteiger partial charge in [0, 0.05) is 17.4 Å². The van der Waals surface area contributed by atoms with E-state index >= 15 is 0 Å². The summed E-state index contributed by atoms with van der Waals surface area (Å²) in [5.41, 5.74) is 1.35. The molecule has 0 aliphatic carbocycles. The topological polar surface area (TPSA) is 25.4 Å². The van der Waals surface area contributed by atoms with Gasteiger partial charge in [0.2, 0.25) is 5.88 Å². The molecule has 1 aromatic rings. The van der Waals surface area contributed by atoms with Gasteiger partial charge in [-0.3, -0.25) is 4.90 Å². The zero-order valence-electron chi connectivity index (χ0n) is 12.2. The highest BCUT2D eigenvalue weighted by Gasteiger charge is 2.27. The largest absolute Gasteiger partial charge is 0.481 e. The molecule has 4 heteroatoms. The zero-order valence-corrected chi connectivity index (χ0v) is 13.2. The molecule has 18 heavy (non-hydrogen) atoms. The van der Waals surface area contributed by atoms with Gasteiger partial charge in [0.05, 0.1) is 15.2 Å². The second kappa shape index (κ2) is 5.01. The summed E-state index contributed by atoms with van der Waals surface area (Å²) in [5, 5.41) is 1.34. The third kappa shape index (κ3) is 2.59. The van der Waals surface area contributed by atoms with Crippen LogP contribution >= 0.6 is 0 Å². The van der Waals surface area contributed by atoms with Gasteiger partial charge in [0.15, 0.2) is 0 Å². The van der Waals surface area contributed by atoms with Crippen molar-refractivity contribution in [2.24, 2.45) is 0 Å². The number of methoxy groups -OCH3 is 1. The van der Waals surface area contributed by atoms with E-state index in [0.717, 1.165) is 5.88 Å². The van der Waals surface area contributed by atoms with E-state index in [1.807, 2.05) is 6.20 Å². The summed E-state index contributed by atoms with van der Waals surface area (Å²) in [6, 6.07) is 2.88. The Balaban J connectivity index is 2.39. The molecule has 1 atom stereocenters. The van der Waals surface area contributed by atoms with Crippen molar-refractivity contribution in [2.45, 2.75) is 38.5 Å². The van der Waals surface area contributed by atoms with Crippen LogP contribution in [0.2, 0.25) is 19.6 Å². The van der Waals surface area contributed by atoms with Crippen LogP contribution in [0.5, 0.6) is 5.88 Å². The number of hydrogen-bond acceptors (Lipinski definition) is 3. The van der Waals surface area contributed by atoms with Crippen LogP contribution in [0.3, 0.4) is 0 Å². The molecule has 0 N–H and O–H groups in total. The molecule has 100 valence electrons. The fourth-order valence-electron chi connectivity index (χ4n) is 2.68. The Morgan fingerprint density at radius 3 is 2.61 bits per heavy atom. The van der Waals surface area contributed by atoms with Crippen molar-refractivity contribution in [2.75, 3.05) is 20.7 Å². The first-order chi connectivity index (χ1) is 8.43. The molecule has 0 spiro atoms. The quantitative estimate of drug-likeness (QED) is 0.784. The monoisotopic (exact) mass is 264 g/mol. The Morgan fingerprint density at radius 1 is 1.39 bits per heavy atom. The standard InChI is InChI=1S/C14H24N2OSi/c1-16-8-6-7-12(16)11-9-13(18(3,4)5)14(17-2)15-10-11/h9-10,12H,6-8H2,1-5H3/t12-/m0/s1. The third-order valence-corrected chi connectivity index (χ3v) is 5.75. The third-order valence-electron chi connectivity index (χ3n) is 3.78. The zero-order chi connectivity index (χ0) is 13.3. The predicted octanol–water partition coefficient (Wildman–Crippen LogP) is 2.40. The Bertz CT molecular complexity index is 428. The number of ether oxygens (including phenoxy) is 1. The maximum Gasteiger partial charge on any atom is 0.212 e. The van der Waals surface area contributed by atoms with E-state index in [1.54, 1.807) is 7.11 Å². The average molecular weight is 264 g/mol. The lowest BCUT2D eigenvalue weighted by Crippen LogP contribution is -2.39. The molecule has 0 bridgehead atoms. The minimum Gasteiger partial charge on any atom is -0.481 e. The van der Waals surface area contributed by atoms with Crippen LogP contribution in [0, 0.1) is 0 Å². The lowest BCUT2D eigenvalue weighted by Gasteiger charge is -2.24. The molecule has 3 nitrogen and oxygen atoms in total. The number of nitrogens with zero attached hydrogens (tertiary/aromatic N) is 2. The number of aromatic nitrogens is 1. The SMILES string of the molecule is COc1ncc([C@@H]2CCCN2C)cc1[Si](C)(C)C. The smallest absolute Gasteiger partial charge is 0.212 e. The molecule has 0 unspecified atom stereocenters. The summed E-state index contributed by atoms with van der Waals surface area (Å²) in [7, 11) is 2.51. The fraction of sp³-hybridized carbons (Fsp3) is 0.643. The van der Waals surface area contributed by atoms with Crippen LogP contribution in [0.25, 0.3) is 0 Å². The van der Waals surface area contributed by atoms with Gasteiger partial charge >= 0.3 is 0 Å². The second-order valence-corrected chi connectivity index (χ2v) is 11.3. The molecule has 0 saturated carbocycles. The highest BCUT2D eigenvalue weighted by Crippen LogP contribution is 2.30. The highest BCUT2D eigenvalue weighted by atomic mass is 28.3. The summed E-state index contributed by atoms with van der Waals surface area (Å²) in [6.07, 6.45) is 4.53. The van der Waals surface area contributed by atoms with E-state index in [9.17, 15) is 0 Å². The lowest BCUT2D eigenvalue weighted by molar-refractivity contribution is 0.316. The Labute approximate surface area is 111 Å². The van der Waals surface area contributed by atoms with Crippen molar-refractivity contribution in [3.63, 3.8) is 0 Å². The van der Waals surface area contributed by atoms with E-state index in [2.05, 4.69) is 42.6 Å². The van der Waals surface area contributed by atoms with E-state index in [4.69, 9.17) is 4.74 Å². The average Bonchev–Trinajstić information content (AvgIpc) is 2.73. The summed E-state index contributed by atoms with van der Waals surface area (Å²) in [5.74, 6) is 0.818. The number of hydrogen-bond donors (Lipinski definition) is 0. The maximum absolute atomic E-state index is 5.43. The summed E-state index contributed by atoms with van der Waals surface area (Å²) < 4.78 is 5.43. The van der Waals surface area contributed by atoms with E-state index in [0.29, 0.717) is 6.04 Å². The van der Waals surface area contributed by atoms with Crippen molar-refractivity contribution in [1.82, 2.24) is 9.88 Å². The van der Waals surface area contributed by atoms with Gasteiger partial charge in [0.1, 0.15) is 0 Å². The van der Waals surface area contributed by atoms with Crippen LogP contribution in [0.1, 0.15) is 24.4 Å². The molecule has 1 aliphatic heterocycles. The van der Waals surface area contributed by atoms with Crippen molar-refractivity contribution >= 4 is 13.3 Å². The first-order valence-corrected chi connectivity index (χ1v) is 10.2. The van der Waals surface area contributed by atoms with Gasteiger partial charge in [-0.2, -0.15) is 0 Å². The van der Waals surface area contributed by atoms with Gasteiger partial charge in [-0.1, -0.05) is 25.7 Å². The molecule has 0 amide bonds. The van der Waals surface area contributed by atoms with E-state index in [1.165, 1.54) is 30.1 Å². The molecular weight excluding hydrogens is 240 g/mol. The molecule has 1 saturated heterocycles. The normalized spacial score (nSPS) is 21.3. The number of likely N-dealkylation sites (tertiary alicyclic amines) is 1. The molecule has 1 aromatic heterocycles. The van der Waals surface area contributed by atoms with E-state index in [-0.39, 0.29) is 0 Å². The number of rotatable bonds is 3. The van der Waals surface area contributed by atoms with Gasteiger partial charge < -0.3 is 4.74 Å². The summed E-state index contributed by atoms with van der Waals surface area (Å²) in [6.45, 7) is 8.22. The van der Waals surface area contributed by atoms with Crippen LogP contribution < -0.4 is 9.92 Å².